The second-order valence-corrected chi connectivity index (χ2v) is 6.16. The third-order valence-corrected chi connectivity index (χ3v) is 4.44. The van der Waals surface area contributed by atoms with E-state index in [-0.39, 0.29) is 5.91 Å². The number of hydrogen-bond acceptors (Lipinski definition) is 4. The maximum absolute atomic E-state index is 12.4. The lowest BCUT2D eigenvalue weighted by molar-refractivity contribution is 0.0773. The van der Waals surface area contributed by atoms with Gasteiger partial charge in [-0.2, -0.15) is 0 Å². The first kappa shape index (κ1) is 15.7. The largest absolute Gasteiger partial charge is 0.393 e. The van der Waals surface area contributed by atoms with Gasteiger partial charge in [0.15, 0.2) is 0 Å². The van der Waals surface area contributed by atoms with Crippen molar-refractivity contribution in [1.29, 1.82) is 0 Å². The van der Waals surface area contributed by atoms with Crippen molar-refractivity contribution in [3.8, 4) is 10.6 Å². The first-order chi connectivity index (χ1) is 9.99. The molecular formula is C16H20N2O2S. The van der Waals surface area contributed by atoms with E-state index in [0.717, 1.165) is 16.3 Å². The Balaban J connectivity index is 2.17. The second-order valence-electron chi connectivity index (χ2n) is 5.16. The van der Waals surface area contributed by atoms with Gasteiger partial charge in [0.05, 0.1) is 11.8 Å². The van der Waals surface area contributed by atoms with Crippen LogP contribution < -0.4 is 0 Å². The maximum Gasteiger partial charge on any atom is 0.265 e. The number of aryl methyl sites for hydroxylation is 1. The number of carbonyl (C=O) groups excluding carboxylic acids is 1. The molecular weight excluding hydrogens is 284 g/mol. The van der Waals surface area contributed by atoms with E-state index in [0.29, 0.717) is 17.8 Å². The van der Waals surface area contributed by atoms with Gasteiger partial charge in [-0.3, -0.25) is 4.79 Å². The topological polar surface area (TPSA) is 53.4 Å². The predicted octanol–water partition coefficient (Wildman–Crippen LogP) is 2.96. The fraction of sp³-hybridized carbons (Fsp3) is 0.375. The average Bonchev–Trinajstić information content (AvgIpc) is 2.86. The molecule has 2 rings (SSSR count). The van der Waals surface area contributed by atoms with Gasteiger partial charge in [-0.15, -0.1) is 11.3 Å². The van der Waals surface area contributed by atoms with Crippen LogP contribution in [0.2, 0.25) is 0 Å². The van der Waals surface area contributed by atoms with Gasteiger partial charge in [-0.05, 0) is 20.3 Å². The number of thiazole rings is 1. The first-order valence-corrected chi connectivity index (χ1v) is 7.77. The molecule has 1 N–H and O–H groups in total. The number of aliphatic hydroxyl groups excluding tert-OH is 1. The van der Waals surface area contributed by atoms with Crippen LogP contribution in [0.5, 0.6) is 0 Å². The highest BCUT2D eigenvalue weighted by Gasteiger charge is 2.19. The van der Waals surface area contributed by atoms with Gasteiger partial charge in [0.1, 0.15) is 9.88 Å². The maximum atomic E-state index is 12.4. The number of benzene rings is 1. The molecule has 1 amide bonds. The van der Waals surface area contributed by atoms with Crippen LogP contribution in [-0.4, -0.2) is 40.6 Å². The van der Waals surface area contributed by atoms with Gasteiger partial charge >= 0.3 is 0 Å². The monoisotopic (exact) mass is 304 g/mol. The summed E-state index contributed by atoms with van der Waals surface area (Å²) >= 11 is 1.42. The Kier molecular flexibility index (Phi) is 5.09. The van der Waals surface area contributed by atoms with Crippen LogP contribution in [0.25, 0.3) is 10.6 Å². The summed E-state index contributed by atoms with van der Waals surface area (Å²) in [5.74, 6) is -0.0344. The third kappa shape index (κ3) is 3.89. The molecule has 0 bridgehead atoms. The molecule has 1 aromatic carbocycles. The molecule has 112 valence electrons. The molecule has 2 aromatic rings. The molecule has 1 heterocycles. The molecule has 1 aromatic heterocycles. The summed E-state index contributed by atoms with van der Waals surface area (Å²) in [7, 11) is 1.76. The Morgan fingerprint density at radius 1 is 1.38 bits per heavy atom. The zero-order valence-electron chi connectivity index (χ0n) is 12.5. The summed E-state index contributed by atoms with van der Waals surface area (Å²) in [5.41, 5.74) is 1.78. The highest BCUT2D eigenvalue weighted by molar-refractivity contribution is 7.17. The van der Waals surface area contributed by atoms with Crippen LogP contribution in [0, 0.1) is 6.92 Å². The Labute approximate surface area is 129 Å². The van der Waals surface area contributed by atoms with Gasteiger partial charge in [-0.25, -0.2) is 4.98 Å². The summed E-state index contributed by atoms with van der Waals surface area (Å²) < 4.78 is 0. The smallest absolute Gasteiger partial charge is 0.265 e. The zero-order chi connectivity index (χ0) is 15.4. The minimum atomic E-state index is -0.400. The predicted molar refractivity (Wildman–Crippen MR) is 85.5 cm³/mol. The van der Waals surface area contributed by atoms with E-state index >= 15 is 0 Å². The van der Waals surface area contributed by atoms with Gasteiger partial charge < -0.3 is 10.0 Å². The van der Waals surface area contributed by atoms with E-state index < -0.39 is 6.10 Å². The molecule has 0 fully saturated rings. The van der Waals surface area contributed by atoms with Crippen molar-refractivity contribution in [3.63, 3.8) is 0 Å². The summed E-state index contributed by atoms with van der Waals surface area (Å²) in [6.45, 7) is 4.12. The lowest BCUT2D eigenvalue weighted by atomic mass is 10.2. The first-order valence-electron chi connectivity index (χ1n) is 6.95. The molecule has 0 spiro atoms. The number of aliphatic hydroxyl groups is 1. The standard InChI is InChI=1S/C16H20N2O2S/c1-11(19)9-10-18(3)16(20)14-12(2)17-15(21-14)13-7-5-4-6-8-13/h4-8,11,19H,9-10H2,1-3H3. The van der Waals surface area contributed by atoms with Crippen molar-refractivity contribution in [1.82, 2.24) is 9.88 Å². The Morgan fingerprint density at radius 2 is 2.05 bits per heavy atom. The van der Waals surface area contributed by atoms with E-state index in [9.17, 15) is 9.90 Å². The molecule has 1 unspecified atom stereocenters. The lowest BCUT2D eigenvalue weighted by Crippen LogP contribution is -2.29. The summed E-state index contributed by atoms with van der Waals surface area (Å²) in [5, 5.41) is 10.2. The van der Waals surface area contributed by atoms with E-state index in [1.807, 2.05) is 37.3 Å². The Morgan fingerprint density at radius 3 is 2.67 bits per heavy atom. The highest BCUT2D eigenvalue weighted by Crippen LogP contribution is 2.28. The molecule has 0 saturated carbocycles. The molecule has 4 nitrogen and oxygen atoms in total. The van der Waals surface area contributed by atoms with Crippen molar-refractivity contribution in [2.24, 2.45) is 0 Å². The SMILES string of the molecule is Cc1nc(-c2ccccc2)sc1C(=O)N(C)CCC(C)O. The van der Waals surface area contributed by atoms with E-state index in [2.05, 4.69) is 4.98 Å². The minimum Gasteiger partial charge on any atom is -0.393 e. The molecule has 0 radical (unpaired) electrons. The van der Waals surface area contributed by atoms with Crippen molar-refractivity contribution in [3.05, 3.63) is 40.9 Å². The highest BCUT2D eigenvalue weighted by atomic mass is 32.1. The number of hydrogen-bond donors (Lipinski definition) is 1. The third-order valence-electron chi connectivity index (χ3n) is 3.24. The lowest BCUT2D eigenvalue weighted by Gasteiger charge is -2.17. The molecule has 5 heteroatoms. The van der Waals surface area contributed by atoms with Gasteiger partial charge in [0, 0.05) is 19.2 Å². The van der Waals surface area contributed by atoms with Crippen molar-refractivity contribution in [2.75, 3.05) is 13.6 Å². The summed E-state index contributed by atoms with van der Waals surface area (Å²) in [4.78, 5) is 19.2. The molecule has 1 atom stereocenters. The van der Waals surface area contributed by atoms with E-state index in [4.69, 9.17) is 0 Å². The van der Waals surface area contributed by atoms with Crippen molar-refractivity contribution < 1.29 is 9.90 Å². The van der Waals surface area contributed by atoms with Crippen LogP contribution in [0.1, 0.15) is 28.7 Å². The fourth-order valence-corrected chi connectivity index (χ4v) is 3.02. The number of carbonyl (C=O) groups is 1. The van der Waals surface area contributed by atoms with Crippen LogP contribution >= 0.6 is 11.3 Å². The average molecular weight is 304 g/mol. The summed E-state index contributed by atoms with van der Waals surface area (Å²) in [6, 6.07) is 9.86. The van der Waals surface area contributed by atoms with E-state index in [1.54, 1.807) is 18.9 Å². The number of rotatable bonds is 5. The Bertz CT molecular complexity index is 608. The summed E-state index contributed by atoms with van der Waals surface area (Å²) in [6.07, 6.45) is 0.175. The minimum absolute atomic E-state index is 0.0344. The molecule has 0 aliphatic rings. The van der Waals surface area contributed by atoms with Gasteiger partial charge in [0.25, 0.3) is 5.91 Å². The zero-order valence-corrected chi connectivity index (χ0v) is 13.4. The van der Waals surface area contributed by atoms with Crippen LogP contribution in [0.15, 0.2) is 30.3 Å². The van der Waals surface area contributed by atoms with Crippen molar-refractivity contribution in [2.45, 2.75) is 26.4 Å². The van der Waals surface area contributed by atoms with Gasteiger partial charge in [-0.1, -0.05) is 30.3 Å². The fourth-order valence-electron chi connectivity index (χ4n) is 1.95. The van der Waals surface area contributed by atoms with Crippen LogP contribution in [-0.2, 0) is 0 Å². The van der Waals surface area contributed by atoms with Crippen molar-refractivity contribution >= 4 is 17.2 Å². The number of aromatic nitrogens is 1. The number of amides is 1. The molecule has 0 aliphatic heterocycles. The van der Waals surface area contributed by atoms with Crippen LogP contribution in [0.3, 0.4) is 0 Å². The number of nitrogens with zero attached hydrogens (tertiary/aromatic N) is 2. The normalized spacial score (nSPS) is 12.2. The molecule has 0 saturated heterocycles. The quantitative estimate of drug-likeness (QED) is 0.924. The van der Waals surface area contributed by atoms with Crippen LogP contribution in [0.4, 0.5) is 0 Å². The van der Waals surface area contributed by atoms with Gasteiger partial charge in [0.2, 0.25) is 0 Å². The molecule has 21 heavy (non-hydrogen) atoms. The Hall–Kier alpha value is -1.72. The van der Waals surface area contributed by atoms with E-state index in [1.165, 1.54) is 11.3 Å². The molecule has 0 aliphatic carbocycles. The second kappa shape index (κ2) is 6.83.